The summed E-state index contributed by atoms with van der Waals surface area (Å²) in [7, 11) is -3.16. The molecule has 2 aliphatic heterocycles. The molecule has 5 rings (SSSR count). The van der Waals surface area contributed by atoms with Crippen molar-refractivity contribution in [3.8, 4) is 0 Å². The number of H-pyrrole nitrogens is 1. The number of nitrogens with one attached hydrogen (secondary N) is 1. The Morgan fingerprint density at radius 1 is 1.13 bits per heavy atom. The highest BCUT2D eigenvalue weighted by Gasteiger charge is 2.31. The predicted octanol–water partition coefficient (Wildman–Crippen LogP) is 3.39. The van der Waals surface area contributed by atoms with E-state index >= 15 is 0 Å². The van der Waals surface area contributed by atoms with Crippen LogP contribution in [0.3, 0.4) is 0 Å². The van der Waals surface area contributed by atoms with Gasteiger partial charge in [-0.2, -0.15) is 0 Å². The van der Waals surface area contributed by atoms with Crippen LogP contribution in [0.4, 0.5) is 5.69 Å². The molecule has 30 heavy (non-hydrogen) atoms. The van der Waals surface area contributed by atoms with Crippen molar-refractivity contribution in [1.82, 2.24) is 19.3 Å². The second kappa shape index (κ2) is 7.81. The van der Waals surface area contributed by atoms with Crippen molar-refractivity contribution < 1.29 is 8.42 Å². The topological polar surface area (TPSA) is 82.2 Å². The molecule has 3 aromatic heterocycles. The number of hydrogen-bond acceptors (Lipinski definition) is 5. The summed E-state index contributed by atoms with van der Waals surface area (Å²) in [6, 6.07) is 4.13. The zero-order chi connectivity index (χ0) is 20.7. The van der Waals surface area contributed by atoms with Crippen LogP contribution < -0.4 is 4.90 Å². The first kappa shape index (κ1) is 19.8. The molecule has 0 saturated carbocycles. The summed E-state index contributed by atoms with van der Waals surface area (Å²) in [5.74, 6) is 0.987. The molecule has 3 aromatic rings. The molecule has 8 heteroatoms. The van der Waals surface area contributed by atoms with E-state index in [1.165, 1.54) is 5.69 Å². The number of aromatic amines is 1. The fourth-order valence-corrected chi connectivity index (χ4v) is 7.07. The first-order valence-electron chi connectivity index (χ1n) is 10.9. The zero-order valence-electron chi connectivity index (χ0n) is 17.4. The van der Waals surface area contributed by atoms with E-state index in [1.54, 1.807) is 10.5 Å². The van der Waals surface area contributed by atoms with Crippen LogP contribution in [-0.2, 0) is 10.0 Å². The molecule has 160 valence electrons. The molecule has 0 bridgehead atoms. The Morgan fingerprint density at radius 3 is 2.77 bits per heavy atom. The number of anilines is 1. The third-order valence-electron chi connectivity index (χ3n) is 6.68. The van der Waals surface area contributed by atoms with Gasteiger partial charge in [-0.25, -0.2) is 22.7 Å². The quantitative estimate of drug-likeness (QED) is 0.690. The fraction of sp³-hybridized carbons (Fsp3) is 0.545. The highest BCUT2D eigenvalue weighted by Crippen LogP contribution is 2.34. The Kier molecular flexibility index (Phi) is 5.14. The first-order valence-corrected chi connectivity index (χ1v) is 12.6. The molecular weight excluding hydrogens is 398 g/mol. The molecule has 2 saturated heterocycles. The van der Waals surface area contributed by atoms with Crippen molar-refractivity contribution in [2.24, 2.45) is 11.8 Å². The summed E-state index contributed by atoms with van der Waals surface area (Å²) in [5.41, 5.74) is 2.94. The Morgan fingerprint density at radius 2 is 1.97 bits per heavy atom. The summed E-state index contributed by atoms with van der Waals surface area (Å²) in [6.07, 6.45) is 9.51. The molecule has 1 atom stereocenters. The molecule has 0 amide bonds. The highest BCUT2D eigenvalue weighted by atomic mass is 32.2. The summed E-state index contributed by atoms with van der Waals surface area (Å²) in [5, 5.41) is 2.21. The van der Waals surface area contributed by atoms with E-state index in [0.29, 0.717) is 19.0 Å². The van der Waals surface area contributed by atoms with Gasteiger partial charge in [-0.05, 0) is 49.7 Å². The molecule has 0 spiro atoms. The maximum Gasteiger partial charge on any atom is 0.214 e. The van der Waals surface area contributed by atoms with Crippen LogP contribution in [0.1, 0.15) is 32.6 Å². The van der Waals surface area contributed by atoms with Gasteiger partial charge in [-0.3, -0.25) is 0 Å². The van der Waals surface area contributed by atoms with E-state index in [0.717, 1.165) is 60.7 Å². The van der Waals surface area contributed by atoms with E-state index in [1.807, 2.05) is 18.5 Å². The van der Waals surface area contributed by atoms with E-state index in [4.69, 9.17) is 0 Å². The van der Waals surface area contributed by atoms with Crippen LogP contribution in [0.5, 0.6) is 0 Å². The average molecular weight is 428 g/mol. The first-order chi connectivity index (χ1) is 14.5. The van der Waals surface area contributed by atoms with E-state index in [-0.39, 0.29) is 11.7 Å². The minimum absolute atomic E-state index is 0.229. The lowest BCUT2D eigenvalue weighted by Crippen LogP contribution is -2.43. The van der Waals surface area contributed by atoms with Crippen LogP contribution in [0, 0.1) is 11.8 Å². The average Bonchev–Trinajstić information content (AvgIpc) is 3.23. The number of aromatic nitrogens is 3. The minimum Gasteiger partial charge on any atom is -0.371 e. The Balaban J connectivity index is 1.31. The Hall–Kier alpha value is -2.19. The number of fused-ring (bicyclic) bond motifs is 3. The predicted molar refractivity (Wildman–Crippen MR) is 120 cm³/mol. The van der Waals surface area contributed by atoms with Gasteiger partial charge >= 0.3 is 0 Å². The van der Waals surface area contributed by atoms with Gasteiger partial charge in [0.25, 0.3) is 0 Å². The third-order valence-corrected chi connectivity index (χ3v) is 8.70. The van der Waals surface area contributed by atoms with Crippen LogP contribution in [0.2, 0.25) is 0 Å². The van der Waals surface area contributed by atoms with Crippen molar-refractivity contribution in [3.05, 3.63) is 30.7 Å². The lowest BCUT2D eigenvalue weighted by molar-refractivity contribution is 0.278. The lowest BCUT2D eigenvalue weighted by atomic mass is 9.98. The molecule has 2 aliphatic rings. The standard InChI is InChI=1S/C22H29N5O2S/c1-16-3-2-10-27(14-16)30(28,29)15-17-6-11-26(12-7-17)20-5-9-23-19-13-25-22-18(21(19)20)4-8-24-22/h4-5,8-9,13,16-17,23H,2-3,6-7,10-12,14-15H2,1H3. The maximum absolute atomic E-state index is 12.9. The molecule has 2 fully saturated rings. The van der Waals surface area contributed by atoms with Crippen molar-refractivity contribution in [2.75, 3.05) is 36.8 Å². The number of piperidine rings is 2. The summed E-state index contributed by atoms with van der Waals surface area (Å²) < 4.78 is 27.6. The summed E-state index contributed by atoms with van der Waals surface area (Å²) in [6.45, 7) is 5.26. The maximum atomic E-state index is 12.9. The van der Waals surface area contributed by atoms with E-state index in [2.05, 4.69) is 32.8 Å². The summed E-state index contributed by atoms with van der Waals surface area (Å²) in [4.78, 5) is 14.4. The zero-order valence-corrected chi connectivity index (χ0v) is 18.2. The number of hydrogen-bond donors (Lipinski definition) is 1. The molecule has 7 nitrogen and oxygen atoms in total. The molecular formula is C22H29N5O2S. The monoisotopic (exact) mass is 427 g/mol. The molecule has 0 aliphatic carbocycles. The van der Waals surface area contributed by atoms with Crippen LogP contribution >= 0.6 is 0 Å². The van der Waals surface area contributed by atoms with Crippen molar-refractivity contribution >= 4 is 37.6 Å². The van der Waals surface area contributed by atoms with Crippen molar-refractivity contribution in [1.29, 1.82) is 0 Å². The van der Waals surface area contributed by atoms with Crippen molar-refractivity contribution in [3.63, 3.8) is 0 Å². The Bertz CT molecular complexity index is 1150. The van der Waals surface area contributed by atoms with Gasteiger partial charge < -0.3 is 9.88 Å². The number of nitrogens with zero attached hydrogens (tertiary/aromatic N) is 4. The van der Waals surface area contributed by atoms with Gasteiger partial charge in [0.1, 0.15) is 0 Å². The second-order valence-electron chi connectivity index (χ2n) is 8.91. The lowest BCUT2D eigenvalue weighted by Gasteiger charge is -2.36. The molecule has 1 unspecified atom stereocenters. The number of pyridine rings is 2. The molecule has 1 N–H and O–H groups in total. The third kappa shape index (κ3) is 3.67. The SMILES string of the molecule is CC1CCCN(S(=O)(=O)CC2CCN(c3cc[nH]c4cnc5nccc5c34)CC2)C1. The van der Waals surface area contributed by atoms with Crippen molar-refractivity contribution in [2.45, 2.75) is 32.6 Å². The molecule has 5 heterocycles. The van der Waals surface area contributed by atoms with E-state index in [9.17, 15) is 8.42 Å². The largest absolute Gasteiger partial charge is 0.371 e. The fourth-order valence-electron chi connectivity index (χ4n) is 5.05. The second-order valence-corrected chi connectivity index (χ2v) is 10.9. The van der Waals surface area contributed by atoms with Gasteiger partial charge in [-0.15, -0.1) is 0 Å². The summed E-state index contributed by atoms with van der Waals surface area (Å²) >= 11 is 0. The van der Waals surface area contributed by atoms with E-state index < -0.39 is 10.0 Å². The highest BCUT2D eigenvalue weighted by molar-refractivity contribution is 7.89. The number of sulfonamides is 1. The van der Waals surface area contributed by atoms with Gasteiger partial charge in [0.05, 0.1) is 17.5 Å². The van der Waals surface area contributed by atoms with Gasteiger partial charge in [0.2, 0.25) is 10.0 Å². The smallest absolute Gasteiger partial charge is 0.214 e. The molecule has 0 aromatic carbocycles. The van der Waals surface area contributed by atoms with Gasteiger partial charge in [-0.1, -0.05) is 6.92 Å². The van der Waals surface area contributed by atoms with Crippen LogP contribution in [0.15, 0.2) is 30.7 Å². The minimum atomic E-state index is -3.16. The van der Waals surface area contributed by atoms with Crippen LogP contribution in [-0.4, -0.2) is 59.6 Å². The van der Waals surface area contributed by atoms with Gasteiger partial charge in [0.15, 0.2) is 5.65 Å². The van der Waals surface area contributed by atoms with Gasteiger partial charge in [0, 0.05) is 55.0 Å². The Labute approximate surface area is 177 Å². The normalized spacial score (nSPS) is 22.2. The van der Waals surface area contributed by atoms with Crippen LogP contribution in [0.25, 0.3) is 21.9 Å². The number of rotatable bonds is 4. The molecule has 0 radical (unpaired) electrons.